The van der Waals surface area contributed by atoms with Crippen LogP contribution in [0.5, 0.6) is 0 Å². The minimum absolute atomic E-state index is 0.0183. The predicted molar refractivity (Wildman–Crippen MR) is 126 cm³/mol. The molecule has 2 aromatic carbocycles. The number of benzene rings is 2. The first-order chi connectivity index (χ1) is 16.9. The standard InChI is InChI=1S/C27H25F3N4O/c28-27(29,30)23-9-3-1-7-21(23)19-34-18-13-31-25(34)20-11-16-33(17-12-20)26(35)22-8-2-4-10-24(22)32-14-5-6-15-32/h1-10,13-15,18,20H,11-12,16-17,19H2. The van der Waals surface area contributed by atoms with Gasteiger partial charge in [-0.25, -0.2) is 4.98 Å². The molecule has 1 aliphatic rings. The Morgan fingerprint density at radius 1 is 0.914 bits per heavy atom. The van der Waals surface area contributed by atoms with E-state index < -0.39 is 11.7 Å². The SMILES string of the molecule is O=C(c1ccccc1-n1cccc1)N1CCC(c2nccn2Cc2ccccc2C(F)(F)F)CC1. The van der Waals surface area contributed by atoms with Gasteiger partial charge in [-0.05, 0) is 48.7 Å². The van der Waals surface area contributed by atoms with E-state index in [1.165, 1.54) is 12.1 Å². The highest BCUT2D eigenvalue weighted by Crippen LogP contribution is 2.33. The van der Waals surface area contributed by atoms with Crippen LogP contribution in [0.4, 0.5) is 13.2 Å². The lowest BCUT2D eigenvalue weighted by molar-refractivity contribution is -0.138. The first kappa shape index (κ1) is 23.0. The molecule has 1 fully saturated rings. The van der Waals surface area contributed by atoms with Gasteiger partial charge in [0.2, 0.25) is 0 Å². The average molecular weight is 479 g/mol. The summed E-state index contributed by atoms with van der Waals surface area (Å²) < 4.78 is 44.1. The topological polar surface area (TPSA) is 43.1 Å². The smallest absolute Gasteiger partial charge is 0.339 e. The number of halogens is 3. The molecule has 5 rings (SSSR count). The van der Waals surface area contributed by atoms with E-state index >= 15 is 0 Å². The molecule has 0 radical (unpaired) electrons. The molecule has 180 valence electrons. The summed E-state index contributed by atoms with van der Waals surface area (Å²) in [4.78, 5) is 19.7. The maximum absolute atomic E-state index is 13.4. The first-order valence-corrected chi connectivity index (χ1v) is 11.6. The molecule has 1 amide bonds. The molecule has 0 saturated carbocycles. The molecule has 1 aliphatic heterocycles. The van der Waals surface area contributed by atoms with Gasteiger partial charge in [-0.15, -0.1) is 0 Å². The Morgan fingerprint density at radius 2 is 1.60 bits per heavy atom. The van der Waals surface area contributed by atoms with Gasteiger partial charge in [-0.2, -0.15) is 13.2 Å². The van der Waals surface area contributed by atoms with Gasteiger partial charge >= 0.3 is 6.18 Å². The van der Waals surface area contributed by atoms with Crippen molar-refractivity contribution in [3.05, 3.63) is 108 Å². The number of imidazole rings is 1. The molecule has 35 heavy (non-hydrogen) atoms. The quantitative estimate of drug-likeness (QED) is 0.366. The molecule has 0 unspecified atom stereocenters. The molecule has 3 heterocycles. The molecule has 2 aromatic heterocycles. The Labute approximate surface area is 201 Å². The molecule has 8 heteroatoms. The van der Waals surface area contributed by atoms with Crippen molar-refractivity contribution < 1.29 is 18.0 Å². The number of nitrogens with zero attached hydrogens (tertiary/aromatic N) is 4. The van der Waals surface area contributed by atoms with Crippen LogP contribution in [0.2, 0.25) is 0 Å². The second kappa shape index (κ2) is 9.44. The number of hydrogen-bond acceptors (Lipinski definition) is 2. The number of likely N-dealkylation sites (tertiary alicyclic amines) is 1. The van der Waals surface area contributed by atoms with Crippen LogP contribution >= 0.6 is 0 Å². The summed E-state index contributed by atoms with van der Waals surface area (Å²) in [5.74, 6) is 0.823. The van der Waals surface area contributed by atoms with Crippen LogP contribution in [-0.4, -0.2) is 38.0 Å². The summed E-state index contributed by atoms with van der Waals surface area (Å²) in [5, 5.41) is 0. The van der Waals surface area contributed by atoms with Gasteiger partial charge < -0.3 is 14.0 Å². The summed E-state index contributed by atoms with van der Waals surface area (Å²) in [6.45, 7) is 1.24. The minimum Gasteiger partial charge on any atom is -0.339 e. The minimum atomic E-state index is -4.40. The normalized spacial score (nSPS) is 14.9. The van der Waals surface area contributed by atoms with Crippen molar-refractivity contribution in [2.75, 3.05) is 13.1 Å². The van der Waals surface area contributed by atoms with Crippen LogP contribution in [0, 0.1) is 0 Å². The number of piperidine rings is 1. The highest BCUT2D eigenvalue weighted by atomic mass is 19.4. The zero-order chi connectivity index (χ0) is 24.4. The lowest BCUT2D eigenvalue weighted by Crippen LogP contribution is -2.38. The third-order valence-electron chi connectivity index (χ3n) is 6.58. The summed E-state index contributed by atoms with van der Waals surface area (Å²) in [7, 11) is 0. The molecule has 1 saturated heterocycles. The van der Waals surface area contributed by atoms with Gasteiger partial charge in [-0.1, -0.05) is 30.3 Å². The van der Waals surface area contributed by atoms with Gasteiger partial charge in [0, 0.05) is 50.3 Å². The van der Waals surface area contributed by atoms with Crippen molar-refractivity contribution in [3.8, 4) is 5.69 Å². The van der Waals surface area contributed by atoms with Crippen LogP contribution in [0.15, 0.2) is 85.5 Å². The fourth-order valence-electron chi connectivity index (χ4n) is 4.82. The molecule has 5 nitrogen and oxygen atoms in total. The van der Waals surface area contributed by atoms with E-state index in [-0.39, 0.29) is 23.9 Å². The fourth-order valence-corrected chi connectivity index (χ4v) is 4.82. The van der Waals surface area contributed by atoms with Crippen LogP contribution in [0.3, 0.4) is 0 Å². The number of rotatable bonds is 5. The largest absolute Gasteiger partial charge is 0.416 e. The van der Waals surface area contributed by atoms with E-state index in [0.29, 0.717) is 31.5 Å². The number of para-hydroxylation sites is 1. The Kier molecular flexibility index (Phi) is 6.19. The monoisotopic (exact) mass is 478 g/mol. The molecule has 0 bridgehead atoms. The van der Waals surface area contributed by atoms with E-state index in [1.54, 1.807) is 23.0 Å². The van der Waals surface area contributed by atoms with Crippen molar-refractivity contribution in [2.45, 2.75) is 31.5 Å². The van der Waals surface area contributed by atoms with Gasteiger partial charge in [0.05, 0.1) is 16.8 Å². The summed E-state index contributed by atoms with van der Waals surface area (Å²) in [6, 6.07) is 17.0. The molecular formula is C27H25F3N4O. The van der Waals surface area contributed by atoms with Gasteiger partial charge in [0.15, 0.2) is 0 Å². The maximum Gasteiger partial charge on any atom is 0.416 e. The molecule has 4 aromatic rings. The Bertz CT molecular complexity index is 1300. The molecule has 0 atom stereocenters. The first-order valence-electron chi connectivity index (χ1n) is 11.6. The number of hydrogen-bond donors (Lipinski definition) is 0. The summed E-state index contributed by atoms with van der Waals surface area (Å²) >= 11 is 0. The van der Waals surface area contributed by atoms with E-state index in [4.69, 9.17) is 0 Å². The molecule has 0 aliphatic carbocycles. The maximum atomic E-state index is 13.4. The third kappa shape index (κ3) is 4.73. The number of amides is 1. The van der Waals surface area contributed by atoms with E-state index in [9.17, 15) is 18.0 Å². The highest BCUT2D eigenvalue weighted by molar-refractivity contribution is 5.97. The summed E-state index contributed by atoms with van der Waals surface area (Å²) in [6.07, 6.45) is 4.19. The van der Waals surface area contributed by atoms with E-state index in [2.05, 4.69) is 4.98 Å². The molecule has 0 N–H and O–H groups in total. The van der Waals surface area contributed by atoms with Crippen molar-refractivity contribution >= 4 is 5.91 Å². The number of carbonyl (C=O) groups is 1. The molecule has 0 spiro atoms. The highest BCUT2D eigenvalue weighted by Gasteiger charge is 2.33. The zero-order valence-corrected chi connectivity index (χ0v) is 19.0. The predicted octanol–water partition coefficient (Wildman–Crippen LogP) is 5.76. The lowest BCUT2D eigenvalue weighted by atomic mass is 9.95. The number of carbonyl (C=O) groups excluding carboxylic acids is 1. The van der Waals surface area contributed by atoms with Crippen molar-refractivity contribution in [3.63, 3.8) is 0 Å². The van der Waals surface area contributed by atoms with Gasteiger partial charge in [0.25, 0.3) is 5.91 Å². The van der Waals surface area contributed by atoms with Crippen LogP contribution in [0.25, 0.3) is 5.69 Å². The Hall–Kier alpha value is -3.81. The lowest BCUT2D eigenvalue weighted by Gasteiger charge is -2.32. The second-order valence-electron chi connectivity index (χ2n) is 8.74. The van der Waals surface area contributed by atoms with E-state index in [0.717, 1.165) is 17.6 Å². The molecular weight excluding hydrogens is 453 g/mol. The van der Waals surface area contributed by atoms with Crippen LogP contribution in [-0.2, 0) is 12.7 Å². The van der Waals surface area contributed by atoms with Gasteiger partial charge in [-0.3, -0.25) is 4.79 Å². The van der Waals surface area contributed by atoms with Crippen molar-refractivity contribution in [1.82, 2.24) is 19.0 Å². The van der Waals surface area contributed by atoms with Crippen LogP contribution < -0.4 is 0 Å². The Balaban J connectivity index is 1.29. The van der Waals surface area contributed by atoms with Crippen LogP contribution in [0.1, 0.15) is 46.1 Å². The van der Waals surface area contributed by atoms with Crippen molar-refractivity contribution in [2.24, 2.45) is 0 Å². The summed E-state index contributed by atoms with van der Waals surface area (Å²) in [5.41, 5.74) is 1.07. The third-order valence-corrected chi connectivity index (χ3v) is 6.58. The average Bonchev–Trinajstić information content (AvgIpc) is 3.56. The van der Waals surface area contributed by atoms with Crippen molar-refractivity contribution in [1.29, 1.82) is 0 Å². The van der Waals surface area contributed by atoms with Gasteiger partial charge in [0.1, 0.15) is 5.82 Å². The number of aromatic nitrogens is 3. The zero-order valence-electron chi connectivity index (χ0n) is 19.0. The second-order valence-corrected chi connectivity index (χ2v) is 8.74. The number of alkyl halides is 3. The Morgan fingerprint density at radius 3 is 2.34 bits per heavy atom. The fraction of sp³-hybridized carbons (Fsp3) is 0.259. The van der Waals surface area contributed by atoms with E-state index in [1.807, 2.05) is 58.3 Å².